The largest absolute Gasteiger partial charge is 0.289 e. The molecule has 5 heteroatoms. The highest BCUT2D eigenvalue weighted by atomic mass is 79.9. The predicted octanol–water partition coefficient (Wildman–Crippen LogP) is 2.73. The Morgan fingerprint density at radius 1 is 1.57 bits per heavy atom. The highest BCUT2D eigenvalue weighted by Gasteiger charge is 2.14. The molecule has 0 bridgehead atoms. The molecule has 1 rings (SSSR count). The molecule has 0 aliphatic rings. The molecule has 0 atom stereocenters. The lowest BCUT2D eigenvalue weighted by Gasteiger charge is -1.98. The van der Waals surface area contributed by atoms with Crippen molar-refractivity contribution in [3.63, 3.8) is 0 Å². The molecule has 0 saturated heterocycles. The lowest BCUT2D eigenvalue weighted by Crippen LogP contribution is -1.96. The maximum absolute atomic E-state index is 11.1. The highest BCUT2D eigenvalue weighted by Crippen LogP contribution is 2.25. The molecule has 0 aliphatic heterocycles. The maximum atomic E-state index is 11.1. The highest BCUT2D eigenvalue weighted by molar-refractivity contribution is 9.10. The molecule has 0 fully saturated rings. The smallest absolute Gasteiger partial charge is 0.284 e. The Morgan fingerprint density at radius 2 is 2.21 bits per heavy atom. The number of carbonyl (C=O) groups is 1. The van der Waals surface area contributed by atoms with Crippen LogP contribution in [0.4, 0.5) is 5.69 Å². The number of hydrogen-bond donors (Lipinski definition) is 0. The second-order valence-corrected chi connectivity index (χ2v) is 3.35. The van der Waals surface area contributed by atoms with Crippen LogP contribution < -0.4 is 0 Å². The minimum absolute atomic E-state index is 0.127. The number of nitrogens with zero attached hydrogens (tertiary/aromatic N) is 1. The van der Waals surface area contributed by atoms with Gasteiger partial charge in [-0.1, -0.05) is 6.58 Å². The van der Waals surface area contributed by atoms with Crippen molar-refractivity contribution < 1.29 is 9.72 Å². The molecule has 0 N–H and O–H groups in total. The minimum Gasteiger partial charge on any atom is -0.289 e. The molecule has 1 aromatic rings. The molecule has 0 unspecified atom stereocenters. The number of rotatable bonds is 3. The van der Waals surface area contributed by atoms with Crippen molar-refractivity contribution in [2.75, 3.05) is 0 Å². The van der Waals surface area contributed by atoms with Gasteiger partial charge in [0.15, 0.2) is 5.78 Å². The predicted molar refractivity (Wildman–Crippen MR) is 55.3 cm³/mol. The number of allylic oxidation sites excluding steroid dienone is 1. The van der Waals surface area contributed by atoms with Gasteiger partial charge in [-0.05, 0) is 34.1 Å². The van der Waals surface area contributed by atoms with Crippen molar-refractivity contribution in [2.45, 2.75) is 0 Å². The standard InChI is InChI=1S/C9H6BrNO3/c1-2-9(12)6-3-4-7(10)8(5-6)11(13)14/h2-5H,1H2. The van der Waals surface area contributed by atoms with Gasteiger partial charge in [0.2, 0.25) is 0 Å². The second kappa shape index (κ2) is 4.15. The van der Waals surface area contributed by atoms with Crippen molar-refractivity contribution in [3.8, 4) is 0 Å². The fourth-order valence-electron chi connectivity index (χ4n) is 0.924. The molecular formula is C9H6BrNO3. The first-order chi connectivity index (χ1) is 6.56. The average Bonchev–Trinajstić information content (AvgIpc) is 2.17. The molecule has 0 amide bonds. The number of benzene rings is 1. The Kier molecular flexibility index (Phi) is 3.14. The number of nitro benzene ring substituents is 1. The van der Waals surface area contributed by atoms with E-state index in [0.29, 0.717) is 4.47 Å². The van der Waals surface area contributed by atoms with Crippen molar-refractivity contribution in [1.29, 1.82) is 0 Å². The number of nitro groups is 1. The van der Waals surface area contributed by atoms with E-state index >= 15 is 0 Å². The van der Waals surface area contributed by atoms with Crippen molar-refractivity contribution in [1.82, 2.24) is 0 Å². The van der Waals surface area contributed by atoms with Gasteiger partial charge >= 0.3 is 0 Å². The molecule has 0 spiro atoms. The summed E-state index contributed by atoms with van der Waals surface area (Å²) in [5.41, 5.74) is 0.132. The quantitative estimate of drug-likeness (QED) is 0.361. The average molecular weight is 256 g/mol. The maximum Gasteiger partial charge on any atom is 0.284 e. The zero-order valence-electron chi connectivity index (χ0n) is 7.07. The fraction of sp³-hybridized carbons (Fsp3) is 0. The van der Waals surface area contributed by atoms with Gasteiger partial charge in [0.05, 0.1) is 9.40 Å². The first kappa shape index (κ1) is 10.6. The van der Waals surface area contributed by atoms with Crippen LogP contribution in [0.3, 0.4) is 0 Å². The molecular weight excluding hydrogens is 250 g/mol. The van der Waals surface area contributed by atoms with Crippen LogP contribution in [0.5, 0.6) is 0 Å². The van der Waals surface area contributed by atoms with Gasteiger partial charge in [-0.3, -0.25) is 14.9 Å². The van der Waals surface area contributed by atoms with Gasteiger partial charge in [-0.25, -0.2) is 0 Å². The summed E-state index contributed by atoms with van der Waals surface area (Å²) in [7, 11) is 0. The van der Waals surface area contributed by atoms with E-state index < -0.39 is 4.92 Å². The molecule has 72 valence electrons. The van der Waals surface area contributed by atoms with Gasteiger partial charge in [0.1, 0.15) is 0 Å². The van der Waals surface area contributed by atoms with Gasteiger partial charge in [-0.15, -0.1) is 0 Å². The van der Waals surface area contributed by atoms with Crippen LogP contribution in [-0.2, 0) is 0 Å². The van der Waals surface area contributed by atoms with Gasteiger partial charge < -0.3 is 0 Å². The Morgan fingerprint density at radius 3 is 2.71 bits per heavy atom. The lowest BCUT2D eigenvalue weighted by molar-refractivity contribution is -0.385. The summed E-state index contributed by atoms with van der Waals surface area (Å²) in [4.78, 5) is 21.1. The number of halogens is 1. The Hall–Kier alpha value is -1.49. The molecule has 0 radical (unpaired) electrons. The minimum atomic E-state index is -0.552. The van der Waals surface area contributed by atoms with Crippen molar-refractivity contribution in [2.24, 2.45) is 0 Å². The van der Waals surface area contributed by atoms with Crippen LogP contribution in [0.1, 0.15) is 10.4 Å². The van der Waals surface area contributed by atoms with Gasteiger partial charge in [0.25, 0.3) is 5.69 Å². The number of ketones is 1. The monoisotopic (exact) mass is 255 g/mol. The van der Waals surface area contributed by atoms with Crippen molar-refractivity contribution >= 4 is 27.4 Å². The van der Waals surface area contributed by atoms with E-state index in [1.807, 2.05) is 0 Å². The second-order valence-electron chi connectivity index (χ2n) is 2.49. The van der Waals surface area contributed by atoms with E-state index in [1.165, 1.54) is 18.2 Å². The van der Waals surface area contributed by atoms with Crippen LogP contribution in [-0.4, -0.2) is 10.7 Å². The van der Waals surface area contributed by atoms with Gasteiger partial charge in [-0.2, -0.15) is 0 Å². The molecule has 0 saturated carbocycles. The molecule has 0 aromatic heterocycles. The third-order valence-electron chi connectivity index (χ3n) is 1.61. The third-order valence-corrected chi connectivity index (χ3v) is 2.28. The number of hydrogen-bond acceptors (Lipinski definition) is 3. The SMILES string of the molecule is C=CC(=O)c1ccc(Br)c([N+](=O)[O-])c1. The van der Waals surface area contributed by atoms with Crippen LogP contribution in [0.15, 0.2) is 35.3 Å². The first-order valence-electron chi connectivity index (χ1n) is 3.67. The summed E-state index contributed by atoms with van der Waals surface area (Å²) in [6, 6.07) is 4.18. The molecule has 0 heterocycles. The summed E-state index contributed by atoms with van der Waals surface area (Å²) < 4.78 is 0.350. The molecule has 14 heavy (non-hydrogen) atoms. The first-order valence-corrected chi connectivity index (χ1v) is 4.46. The fourth-order valence-corrected chi connectivity index (χ4v) is 1.32. The molecule has 1 aromatic carbocycles. The van der Waals surface area contributed by atoms with E-state index in [2.05, 4.69) is 22.5 Å². The summed E-state index contributed by atoms with van der Waals surface area (Å²) >= 11 is 3.02. The Balaban J connectivity index is 3.25. The van der Waals surface area contributed by atoms with Crippen LogP contribution >= 0.6 is 15.9 Å². The van der Waals surface area contributed by atoms with Crippen LogP contribution in [0.25, 0.3) is 0 Å². The Bertz CT molecular complexity index is 415. The topological polar surface area (TPSA) is 60.2 Å². The van der Waals surface area contributed by atoms with Crippen LogP contribution in [0.2, 0.25) is 0 Å². The van der Waals surface area contributed by atoms with Gasteiger partial charge in [0, 0.05) is 11.6 Å². The zero-order valence-corrected chi connectivity index (χ0v) is 8.65. The molecule has 0 aliphatic carbocycles. The summed E-state index contributed by atoms with van der Waals surface area (Å²) in [5, 5.41) is 10.5. The van der Waals surface area contributed by atoms with E-state index in [1.54, 1.807) is 0 Å². The third kappa shape index (κ3) is 2.05. The lowest BCUT2D eigenvalue weighted by atomic mass is 10.1. The summed E-state index contributed by atoms with van der Waals surface area (Å²) in [6.45, 7) is 3.30. The van der Waals surface area contributed by atoms with E-state index in [-0.39, 0.29) is 17.0 Å². The van der Waals surface area contributed by atoms with E-state index in [9.17, 15) is 14.9 Å². The van der Waals surface area contributed by atoms with Crippen LogP contribution in [0, 0.1) is 10.1 Å². The van der Waals surface area contributed by atoms with E-state index in [4.69, 9.17) is 0 Å². The Labute approximate surface area is 88.5 Å². The summed E-state index contributed by atoms with van der Waals surface area (Å²) in [6.07, 6.45) is 1.12. The number of carbonyl (C=O) groups excluding carboxylic acids is 1. The summed E-state index contributed by atoms with van der Waals surface area (Å²) in [5.74, 6) is -0.333. The van der Waals surface area contributed by atoms with E-state index in [0.717, 1.165) is 6.08 Å². The zero-order chi connectivity index (χ0) is 10.7. The molecule has 4 nitrogen and oxygen atoms in total. The normalized spacial score (nSPS) is 9.50. The van der Waals surface area contributed by atoms with Crippen molar-refractivity contribution in [3.05, 3.63) is 51.0 Å².